The highest BCUT2D eigenvalue weighted by Crippen LogP contribution is 2.28. The third-order valence-electron chi connectivity index (χ3n) is 4.11. The standard InChI is InChI=1S/C17H25F2NO/c1-12(2)11-21-14-7-9-20(10-8-14)13(3)17-15(18)5-4-6-16(17)19/h4-6,12-14H,7-11H2,1-3H3. The molecule has 4 heteroatoms. The van der Waals surface area contributed by atoms with Gasteiger partial charge in [0.25, 0.3) is 0 Å². The van der Waals surface area contributed by atoms with Crippen LogP contribution in [0.3, 0.4) is 0 Å². The zero-order valence-corrected chi connectivity index (χ0v) is 13.1. The molecular formula is C17H25F2NO. The van der Waals surface area contributed by atoms with Gasteiger partial charge in [0, 0.05) is 31.3 Å². The molecule has 0 aromatic heterocycles. The lowest BCUT2D eigenvalue weighted by Gasteiger charge is -2.36. The van der Waals surface area contributed by atoms with Gasteiger partial charge in [0.15, 0.2) is 0 Å². The molecule has 1 aromatic carbocycles. The molecule has 1 fully saturated rings. The van der Waals surface area contributed by atoms with Gasteiger partial charge in [-0.2, -0.15) is 0 Å². The van der Waals surface area contributed by atoms with Crippen molar-refractivity contribution in [3.05, 3.63) is 35.4 Å². The van der Waals surface area contributed by atoms with Crippen LogP contribution in [0.25, 0.3) is 0 Å². The molecule has 21 heavy (non-hydrogen) atoms. The Hall–Kier alpha value is -1.00. The second-order valence-electron chi connectivity index (χ2n) is 6.27. The Bertz CT molecular complexity index is 436. The predicted octanol–water partition coefficient (Wildman–Crippen LogP) is 4.16. The minimum atomic E-state index is -0.458. The van der Waals surface area contributed by atoms with Crippen molar-refractivity contribution in [2.45, 2.75) is 45.8 Å². The molecule has 1 aliphatic heterocycles. The molecule has 0 spiro atoms. The molecular weight excluding hydrogens is 272 g/mol. The van der Waals surface area contributed by atoms with E-state index >= 15 is 0 Å². The SMILES string of the molecule is CC(C)COC1CCN(C(C)c2c(F)cccc2F)CC1. The monoisotopic (exact) mass is 297 g/mol. The van der Waals surface area contributed by atoms with E-state index in [0.29, 0.717) is 5.92 Å². The van der Waals surface area contributed by atoms with E-state index in [4.69, 9.17) is 4.74 Å². The van der Waals surface area contributed by atoms with Gasteiger partial charge >= 0.3 is 0 Å². The first-order valence-corrected chi connectivity index (χ1v) is 7.78. The number of ether oxygens (including phenoxy) is 1. The van der Waals surface area contributed by atoms with Crippen LogP contribution in [0.15, 0.2) is 18.2 Å². The summed E-state index contributed by atoms with van der Waals surface area (Å²) in [5, 5.41) is 0. The molecule has 1 unspecified atom stereocenters. The fourth-order valence-corrected chi connectivity index (χ4v) is 2.85. The summed E-state index contributed by atoms with van der Waals surface area (Å²) in [6.07, 6.45) is 2.13. The maximum absolute atomic E-state index is 13.9. The lowest BCUT2D eigenvalue weighted by atomic mass is 10.0. The van der Waals surface area contributed by atoms with E-state index < -0.39 is 11.6 Å². The van der Waals surface area contributed by atoms with E-state index in [-0.39, 0.29) is 17.7 Å². The summed E-state index contributed by atoms with van der Waals surface area (Å²) in [6.45, 7) is 8.56. The average Bonchev–Trinajstić information content (AvgIpc) is 2.45. The van der Waals surface area contributed by atoms with Crippen LogP contribution in [0.4, 0.5) is 8.78 Å². The van der Waals surface area contributed by atoms with Gasteiger partial charge in [0.1, 0.15) is 11.6 Å². The Morgan fingerprint density at radius 3 is 2.24 bits per heavy atom. The molecule has 1 atom stereocenters. The predicted molar refractivity (Wildman–Crippen MR) is 80.2 cm³/mol. The third-order valence-corrected chi connectivity index (χ3v) is 4.11. The Balaban J connectivity index is 1.93. The maximum atomic E-state index is 13.9. The van der Waals surface area contributed by atoms with Gasteiger partial charge < -0.3 is 4.74 Å². The maximum Gasteiger partial charge on any atom is 0.130 e. The zero-order valence-electron chi connectivity index (χ0n) is 13.1. The van der Waals surface area contributed by atoms with Crippen LogP contribution < -0.4 is 0 Å². The number of nitrogens with zero attached hydrogens (tertiary/aromatic N) is 1. The smallest absolute Gasteiger partial charge is 0.130 e. The van der Waals surface area contributed by atoms with Crippen LogP contribution in [0.1, 0.15) is 45.2 Å². The van der Waals surface area contributed by atoms with Crippen molar-refractivity contribution in [2.75, 3.05) is 19.7 Å². The van der Waals surface area contributed by atoms with Gasteiger partial charge in [0.2, 0.25) is 0 Å². The van der Waals surface area contributed by atoms with E-state index in [0.717, 1.165) is 32.5 Å². The first-order chi connectivity index (χ1) is 9.99. The van der Waals surface area contributed by atoms with Crippen LogP contribution in [-0.4, -0.2) is 30.7 Å². The average molecular weight is 297 g/mol. The number of hydrogen-bond acceptors (Lipinski definition) is 2. The Morgan fingerprint density at radius 1 is 1.14 bits per heavy atom. The summed E-state index contributed by atoms with van der Waals surface area (Å²) >= 11 is 0. The number of benzene rings is 1. The Morgan fingerprint density at radius 2 is 1.71 bits per heavy atom. The van der Waals surface area contributed by atoms with Crippen molar-refractivity contribution in [1.29, 1.82) is 0 Å². The molecule has 1 heterocycles. The lowest BCUT2D eigenvalue weighted by molar-refractivity contribution is -0.0119. The number of likely N-dealkylation sites (tertiary alicyclic amines) is 1. The van der Waals surface area contributed by atoms with Crippen molar-refractivity contribution < 1.29 is 13.5 Å². The van der Waals surface area contributed by atoms with E-state index in [2.05, 4.69) is 18.7 Å². The van der Waals surface area contributed by atoms with Crippen LogP contribution in [-0.2, 0) is 4.74 Å². The largest absolute Gasteiger partial charge is 0.378 e. The van der Waals surface area contributed by atoms with Crippen LogP contribution >= 0.6 is 0 Å². The molecule has 0 saturated carbocycles. The van der Waals surface area contributed by atoms with E-state index in [1.54, 1.807) is 0 Å². The fourth-order valence-electron chi connectivity index (χ4n) is 2.85. The van der Waals surface area contributed by atoms with E-state index in [1.807, 2.05) is 6.92 Å². The number of halogens is 2. The molecule has 2 nitrogen and oxygen atoms in total. The zero-order chi connectivity index (χ0) is 15.4. The molecule has 0 aliphatic carbocycles. The van der Waals surface area contributed by atoms with Crippen LogP contribution in [0.5, 0.6) is 0 Å². The molecule has 1 aromatic rings. The van der Waals surface area contributed by atoms with Crippen molar-refractivity contribution in [2.24, 2.45) is 5.92 Å². The fraction of sp³-hybridized carbons (Fsp3) is 0.647. The third kappa shape index (κ3) is 4.24. The molecule has 0 N–H and O–H groups in total. The summed E-state index contributed by atoms with van der Waals surface area (Å²) in [4.78, 5) is 2.14. The van der Waals surface area contributed by atoms with Crippen molar-refractivity contribution in [3.63, 3.8) is 0 Å². The minimum absolute atomic E-state index is 0.180. The number of piperidine rings is 1. The molecule has 0 amide bonds. The van der Waals surface area contributed by atoms with Crippen LogP contribution in [0.2, 0.25) is 0 Å². The number of rotatable bonds is 5. The minimum Gasteiger partial charge on any atom is -0.378 e. The molecule has 2 rings (SSSR count). The van der Waals surface area contributed by atoms with Crippen molar-refractivity contribution >= 4 is 0 Å². The number of hydrogen-bond donors (Lipinski definition) is 0. The van der Waals surface area contributed by atoms with Gasteiger partial charge in [-0.15, -0.1) is 0 Å². The van der Waals surface area contributed by atoms with E-state index in [1.165, 1.54) is 18.2 Å². The second-order valence-corrected chi connectivity index (χ2v) is 6.27. The van der Waals surface area contributed by atoms with Crippen molar-refractivity contribution in [1.82, 2.24) is 4.90 Å². The first-order valence-electron chi connectivity index (χ1n) is 7.78. The highest BCUT2D eigenvalue weighted by molar-refractivity contribution is 5.23. The molecule has 118 valence electrons. The Labute approximate surface area is 126 Å². The Kier molecular flexibility index (Phi) is 5.71. The highest BCUT2D eigenvalue weighted by Gasteiger charge is 2.27. The van der Waals surface area contributed by atoms with E-state index in [9.17, 15) is 8.78 Å². The summed E-state index contributed by atoms with van der Waals surface area (Å²) in [5.41, 5.74) is 0.180. The molecule has 0 bridgehead atoms. The molecule has 1 saturated heterocycles. The van der Waals surface area contributed by atoms with Gasteiger partial charge in [-0.1, -0.05) is 19.9 Å². The normalized spacial score (nSPS) is 19.1. The van der Waals surface area contributed by atoms with Gasteiger partial charge in [0.05, 0.1) is 6.10 Å². The topological polar surface area (TPSA) is 12.5 Å². The van der Waals surface area contributed by atoms with Gasteiger partial charge in [-0.25, -0.2) is 8.78 Å². The molecule has 1 aliphatic rings. The molecule has 0 radical (unpaired) electrons. The highest BCUT2D eigenvalue weighted by atomic mass is 19.1. The van der Waals surface area contributed by atoms with Crippen molar-refractivity contribution in [3.8, 4) is 0 Å². The van der Waals surface area contributed by atoms with Gasteiger partial charge in [-0.05, 0) is 37.8 Å². The summed E-state index contributed by atoms with van der Waals surface area (Å²) in [6, 6.07) is 3.82. The summed E-state index contributed by atoms with van der Waals surface area (Å²) in [7, 11) is 0. The van der Waals surface area contributed by atoms with Crippen LogP contribution in [0, 0.1) is 17.6 Å². The quantitative estimate of drug-likeness (QED) is 0.809. The summed E-state index contributed by atoms with van der Waals surface area (Å²) < 4.78 is 33.6. The lowest BCUT2D eigenvalue weighted by Crippen LogP contribution is -2.39. The first kappa shape index (κ1) is 16.4. The van der Waals surface area contributed by atoms with Gasteiger partial charge in [-0.3, -0.25) is 4.90 Å². The second kappa shape index (κ2) is 7.32. The summed E-state index contributed by atoms with van der Waals surface area (Å²) in [5.74, 6) is -0.379.